The summed E-state index contributed by atoms with van der Waals surface area (Å²) in [5.74, 6) is 0.587. The van der Waals surface area contributed by atoms with Gasteiger partial charge < -0.3 is 10.5 Å². The number of hydrogen-bond donors (Lipinski definition) is 1. The summed E-state index contributed by atoms with van der Waals surface area (Å²) < 4.78 is 5.09. The van der Waals surface area contributed by atoms with Gasteiger partial charge in [0.2, 0.25) is 0 Å². The van der Waals surface area contributed by atoms with Gasteiger partial charge in [0.25, 0.3) is 0 Å². The second-order valence-electron chi connectivity index (χ2n) is 4.44. The number of ether oxygens (including phenoxy) is 1. The van der Waals surface area contributed by atoms with Crippen LogP contribution in [0.2, 0.25) is 5.02 Å². The molecule has 3 nitrogen and oxygen atoms in total. The molecule has 0 radical (unpaired) electrons. The number of halogens is 1. The fourth-order valence-electron chi connectivity index (χ4n) is 1.56. The largest absolute Gasteiger partial charge is 0.495 e. The number of methoxy groups -OCH3 is 1. The summed E-state index contributed by atoms with van der Waals surface area (Å²) in [4.78, 5) is 12.1. The Morgan fingerprint density at radius 3 is 2.47 bits per heavy atom. The van der Waals surface area contributed by atoms with E-state index in [-0.39, 0.29) is 11.7 Å². The standard InChI is InChI=1S/C13H18ClNO2/c1-7(2)12(15)13(16)9-6-10(14)11(17-4)5-8(9)3/h5-7,12H,15H2,1-4H3. The molecule has 1 atom stereocenters. The van der Waals surface area contributed by atoms with Crippen LogP contribution < -0.4 is 10.5 Å². The van der Waals surface area contributed by atoms with Gasteiger partial charge >= 0.3 is 0 Å². The minimum Gasteiger partial charge on any atom is -0.495 e. The molecular formula is C13H18ClNO2. The van der Waals surface area contributed by atoms with Crippen molar-refractivity contribution < 1.29 is 9.53 Å². The van der Waals surface area contributed by atoms with Gasteiger partial charge in [0.05, 0.1) is 18.2 Å². The average molecular weight is 256 g/mol. The molecule has 0 fully saturated rings. The van der Waals surface area contributed by atoms with Crippen LogP contribution in [0.5, 0.6) is 5.75 Å². The molecule has 0 aliphatic rings. The highest BCUT2D eigenvalue weighted by molar-refractivity contribution is 6.32. The highest BCUT2D eigenvalue weighted by Gasteiger charge is 2.21. The number of Topliss-reactive ketones (excluding diaryl/α,β-unsaturated/α-hetero) is 1. The van der Waals surface area contributed by atoms with Crippen molar-refractivity contribution in [3.05, 3.63) is 28.3 Å². The Morgan fingerprint density at radius 2 is 2.00 bits per heavy atom. The van der Waals surface area contributed by atoms with Gasteiger partial charge in [0.15, 0.2) is 5.78 Å². The predicted molar refractivity (Wildman–Crippen MR) is 69.9 cm³/mol. The summed E-state index contributed by atoms with van der Waals surface area (Å²) in [6, 6.07) is 2.88. The molecule has 0 saturated carbocycles. The second kappa shape index (κ2) is 5.52. The normalized spacial score (nSPS) is 12.6. The number of benzene rings is 1. The Bertz CT molecular complexity index is 430. The lowest BCUT2D eigenvalue weighted by molar-refractivity contribution is 0.0940. The maximum absolute atomic E-state index is 12.1. The van der Waals surface area contributed by atoms with Crippen molar-refractivity contribution in [2.75, 3.05) is 7.11 Å². The molecule has 1 aromatic rings. The van der Waals surface area contributed by atoms with Crippen LogP contribution in [0.1, 0.15) is 29.8 Å². The molecule has 0 amide bonds. The molecule has 0 bridgehead atoms. The summed E-state index contributed by atoms with van der Waals surface area (Å²) >= 11 is 6.01. The molecular weight excluding hydrogens is 238 g/mol. The van der Waals surface area contributed by atoms with Crippen molar-refractivity contribution in [2.24, 2.45) is 11.7 Å². The van der Waals surface area contributed by atoms with Crippen LogP contribution in [0.25, 0.3) is 0 Å². The first kappa shape index (κ1) is 14.0. The summed E-state index contributed by atoms with van der Waals surface area (Å²) in [5, 5.41) is 0.428. The number of hydrogen-bond acceptors (Lipinski definition) is 3. The van der Waals surface area contributed by atoms with Gasteiger partial charge in [0, 0.05) is 5.56 Å². The first-order valence-corrected chi connectivity index (χ1v) is 5.90. The van der Waals surface area contributed by atoms with E-state index >= 15 is 0 Å². The summed E-state index contributed by atoms with van der Waals surface area (Å²) in [7, 11) is 1.54. The second-order valence-corrected chi connectivity index (χ2v) is 4.84. The molecule has 17 heavy (non-hydrogen) atoms. The van der Waals surface area contributed by atoms with E-state index in [0.717, 1.165) is 5.56 Å². The molecule has 0 heterocycles. The lowest BCUT2D eigenvalue weighted by Crippen LogP contribution is -2.35. The average Bonchev–Trinajstić information content (AvgIpc) is 2.29. The Balaban J connectivity index is 3.15. The molecule has 0 aliphatic heterocycles. The molecule has 0 aromatic heterocycles. The Morgan fingerprint density at radius 1 is 1.41 bits per heavy atom. The Hall–Kier alpha value is -1.06. The molecule has 0 spiro atoms. The first-order chi connectivity index (χ1) is 7.88. The van der Waals surface area contributed by atoms with Crippen molar-refractivity contribution in [3.8, 4) is 5.75 Å². The topological polar surface area (TPSA) is 52.3 Å². The number of carbonyl (C=O) groups is 1. The SMILES string of the molecule is COc1cc(C)c(C(=O)C(N)C(C)C)cc1Cl. The number of ketones is 1. The predicted octanol–water partition coefficient (Wildman–Crippen LogP) is 2.82. The van der Waals surface area contributed by atoms with Crippen LogP contribution in [0, 0.1) is 12.8 Å². The van der Waals surface area contributed by atoms with Crippen LogP contribution >= 0.6 is 11.6 Å². The minimum atomic E-state index is -0.502. The zero-order chi connectivity index (χ0) is 13.2. The van der Waals surface area contributed by atoms with Gasteiger partial charge in [-0.25, -0.2) is 0 Å². The van der Waals surface area contributed by atoms with Gasteiger partial charge in [-0.2, -0.15) is 0 Å². The Kier molecular flexibility index (Phi) is 4.54. The van der Waals surface area contributed by atoms with Crippen LogP contribution in [-0.2, 0) is 0 Å². The lowest BCUT2D eigenvalue weighted by atomic mass is 9.93. The molecule has 0 saturated heterocycles. The Labute approximate surface area is 107 Å². The third-order valence-electron chi connectivity index (χ3n) is 2.79. The molecule has 1 rings (SSSR count). The van der Waals surface area contributed by atoms with Crippen LogP contribution in [0.3, 0.4) is 0 Å². The summed E-state index contributed by atoms with van der Waals surface area (Å²) in [6.45, 7) is 5.69. The molecule has 94 valence electrons. The van der Waals surface area contributed by atoms with Gasteiger partial charge in [-0.3, -0.25) is 4.79 Å². The number of rotatable bonds is 4. The van der Waals surface area contributed by atoms with Crippen molar-refractivity contribution in [2.45, 2.75) is 26.8 Å². The summed E-state index contributed by atoms with van der Waals surface area (Å²) in [5.41, 5.74) is 7.25. The third kappa shape index (κ3) is 2.99. The highest BCUT2D eigenvalue weighted by Crippen LogP contribution is 2.28. The summed E-state index contributed by atoms with van der Waals surface area (Å²) in [6.07, 6.45) is 0. The zero-order valence-corrected chi connectivity index (χ0v) is 11.3. The van der Waals surface area contributed by atoms with E-state index in [1.807, 2.05) is 20.8 Å². The first-order valence-electron chi connectivity index (χ1n) is 5.52. The maximum Gasteiger partial charge on any atom is 0.180 e. The van der Waals surface area contributed by atoms with Gasteiger partial charge in [0.1, 0.15) is 5.75 Å². The minimum absolute atomic E-state index is 0.0814. The van der Waals surface area contributed by atoms with Gasteiger partial charge in [-0.15, -0.1) is 0 Å². The van der Waals surface area contributed by atoms with Crippen LogP contribution in [0.15, 0.2) is 12.1 Å². The number of nitrogens with two attached hydrogens (primary N) is 1. The molecule has 0 aliphatic carbocycles. The zero-order valence-electron chi connectivity index (χ0n) is 10.6. The monoisotopic (exact) mass is 255 g/mol. The van der Waals surface area contributed by atoms with Crippen molar-refractivity contribution >= 4 is 17.4 Å². The third-order valence-corrected chi connectivity index (χ3v) is 3.08. The quantitative estimate of drug-likeness (QED) is 0.842. The van der Waals surface area contributed by atoms with Gasteiger partial charge in [-0.1, -0.05) is 25.4 Å². The number of aryl methyl sites for hydroxylation is 1. The number of carbonyl (C=O) groups excluding carboxylic acids is 1. The fourth-order valence-corrected chi connectivity index (χ4v) is 1.80. The van der Waals surface area contributed by atoms with E-state index < -0.39 is 6.04 Å². The van der Waals surface area contributed by atoms with E-state index in [9.17, 15) is 4.79 Å². The molecule has 4 heteroatoms. The van der Waals surface area contributed by atoms with E-state index in [1.54, 1.807) is 19.2 Å². The van der Waals surface area contributed by atoms with Gasteiger partial charge in [-0.05, 0) is 30.5 Å². The molecule has 1 unspecified atom stereocenters. The molecule has 1 aromatic carbocycles. The van der Waals surface area contributed by atoms with E-state index in [2.05, 4.69) is 0 Å². The van der Waals surface area contributed by atoms with E-state index in [4.69, 9.17) is 22.1 Å². The van der Waals surface area contributed by atoms with Crippen molar-refractivity contribution in [1.82, 2.24) is 0 Å². The fraction of sp³-hybridized carbons (Fsp3) is 0.462. The highest BCUT2D eigenvalue weighted by atomic mass is 35.5. The van der Waals surface area contributed by atoms with Crippen LogP contribution in [-0.4, -0.2) is 18.9 Å². The maximum atomic E-state index is 12.1. The van der Waals surface area contributed by atoms with Crippen molar-refractivity contribution in [1.29, 1.82) is 0 Å². The molecule has 2 N–H and O–H groups in total. The smallest absolute Gasteiger partial charge is 0.180 e. The van der Waals surface area contributed by atoms with Crippen LogP contribution in [0.4, 0.5) is 0 Å². The lowest BCUT2D eigenvalue weighted by Gasteiger charge is -2.16. The van der Waals surface area contributed by atoms with E-state index in [0.29, 0.717) is 16.3 Å². The van der Waals surface area contributed by atoms with E-state index in [1.165, 1.54) is 0 Å². The van der Waals surface area contributed by atoms with Crippen molar-refractivity contribution in [3.63, 3.8) is 0 Å².